The molecule has 1 aromatic heterocycles. The molecule has 7 heteroatoms. The van der Waals surface area contributed by atoms with Crippen molar-refractivity contribution in [2.45, 2.75) is 63.7 Å². The molecule has 0 atom stereocenters. The van der Waals surface area contributed by atoms with Crippen LogP contribution in [0.5, 0.6) is 0 Å². The third-order valence-electron chi connectivity index (χ3n) is 7.11. The quantitative estimate of drug-likeness (QED) is 0.660. The highest BCUT2D eigenvalue weighted by molar-refractivity contribution is 6.35. The summed E-state index contributed by atoms with van der Waals surface area (Å²) in [6.07, 6.45) is 12.9. The molecule has 1 saturated heterocycles. The Morgan fingerprint density at radius 3 is 2.52 bits per heavy atom. The van der Waals surface area contributed by atoms with Gasteiger partial charge in [0.2, 0.25) is 7.41 Å². The zero-order chi connectivity index (χ0) is 21.2. The first-order valence-electron chi connectivity index (χ1n) is 11.9. The lowest BCUT2D eigenvalue weighted by Crippen LogP contribution is -2.46. The number of fused-ring (bicyclic) bond motifs is 3. The minimum atomic E-state index is -0.224. The van der Waals surface area contributed by atoms with Crippen molar-refractivity contribution in [3.05, 3.63) is 45.6 Å². The highest BCUT2D eigenvalue weighted by Crippen LogP contribution is 2.31. The van der Waals surface area contributed by atoms with Crippen LogP contribution in [-0.2, 0) is 6.54 Å². The van der Waals surface area contributed by atoms with Gasteiger partial charge in [0.1, 0.15) is 5.82 Å². The summed E-state index contributed by atoms with van der Waals surface area (Å²) in [5, 5.41) is 1.02. The van der Waals surface area contributed by atoms with Gasteiger partial charge >= 0.3 is 0 Å². The summed E-state index contributed by atoms with van der Waals surface area (Å²) in [5.74, 6) is 1.58. The lowest BCUT2D eigenvalue weighted by molar-refractivity contribution is 0.244. The Kier molecular flexibility index (Phi) is 6.37. The van der Waals surface area contributed by atoms with E-state index in [1.54, 1.807) is 6.07 Å². The fourth-order valence-electron chi connectivity index (χ4n) is 5.38. The number of benzene rings is 1. The SMILES string of the molecule is O=c1nc2n(c3cccc(Cl)c13)CC/C2=C\N1CCN([B]C2CCCCCCC2)CC1. The number of aromatic nitrogens is 2. The van der Waals surface area contributed by atoms with Gasteiger partial charge in [-0.15, -0.1) is 0 Å². The molecule has 0 bridgehead atoms. The third kappa shape index (κ3) is 4.56. The van der Waals surface area contributed by atoms with E-state index in [4.69, 9.17) is 11.6 Å². The summed E-state index contributed by atoms with van der Waals surface area (Å²) in [5.41, 5.74) is 1.83. The van der Waals surface area contributed by atoms with E-state index >= 15 is 0 Å². The molecule has 0 N–H and O–H groups in total. The van der Waals surface area contributed by atoms with E-state index < -0.39 is 0 Å². The first kappa shape index (κ1) is 21.1. The standard InChI is InChI=1S/C24H31BClN4O/c26-20-9-6-10-21-22(20)24(31)27-23-18(11-12-30(21)23)17-28-13-15-29(16-14-28)25-19-7-4-2-1-3-5-8-19/h6,9-10,17,19H,1-5,7-8,11-16H2/b18-17+. The summed E-state index contributed by atoms with van der Waals surface area (Å²) in [7, 11) is 2.54. The molecular formula is C24H31BClN4O. The summed E-state index contributed by atoms with van der Waals surface area (Å²) >= 11 is 6.27. The molecule has 2 aliphatic heterocycles. The summed E-state index contributed by atoms with van der Waals surface area (Å²) < 4.78 is 2.15. The monoisotopic (exact) mass is 437 g/mol. The van der Waals surface area contributed by atoms with Crippen LogP contribution in [0.4, 0.5) is 0 Å². The maximum absolute atomic E-state index is 12.6. The first-order valence-corrected chi connectivity index (χ1v) is 12.3. The van der Waals surface area contributed by atoms with Gasteiger partial charge in [-0.3, -0.25) is 4.79 Å². The second kappa shape index (κ2) is 9.37. The van der Waals surface area contributed by atoms with Gasteiger partial charge < -0.3 is 14.3 Å². The first-order chi connectivity index (χ1) is 15.2. The zero-order valence-corrected chi connectivity index (χ0v) is 19.0. The molecule has 31 heavy (non-hydrogen) atoms. The number of rotatable bonds is 3. The van der Waals surface area contributed by atoms with Gasteiger partial charge in [-0.05, 0) is 18.6 Å². The summed E-state index contributed by atoms with van der Waals surface area (Å²) in [4.78, 5) is 22.0. The van der Waals surface area contributed by atoms with Crippen LogP contribution in [0.15, 0.2) is 29.2 Å². The zero-order valence-electron chi connectivity index (χ0n) is 18.2. The normalized spacial score (nSPS) is 22.5. The topological polar surface area (TPSA) is 41.4 Å². The van der Waals surface area contributed by atoms with Crippen molar-refractivity contribution >= 4 is 35.5 Å². The van der Waals surface area contributed by atoms with Gasteiger partial charge in [-0.1, -0.05) is 68.4 Å². The van der Waals surface area contributed by atoms with Crippen LogP contribution in [-0.4, -0.2) is 52.9 Å². The van der Waals surface area contributed by atoms with Crippen molar-refractivity contribution in [3.8, 4) is 0 Å². The van der Waals surface area contributed by atoms with E-state index in [1.807, 2.05) is 12.1 Å². The van der Waals surface area contributed by atoms with Crippen molar-refractivity contribution in [1.82, 2.24) is 19.3 Å². The summed E-state index contributed by atoms with van der Waals surface area (Å²) in [6, 6.07) is 5.64. The van der Waals surface area contributed by atoms with Gasteiger partial charge in [0.05, 0.1) is 15.9 Å². The lowest BCUT2D eigenvalue weighted by Gasteiger charge is -2.36. The average molecular weight is 438 g/mol. The number of halogens is 1. The molecular weight excluding hydrogens is 407 g/mol. The molecule has 1 radical (unpaired) electrons. The van der Waals surface area contributed by atoms with E-state index in [0.29, 0.717) is 10.4 Å². The van der Waals surface area contributed by atoms with E-state index in [9.17, 15) is 4.79 Å². The number of piperazine rings is 1. The Hall–Kier alpha value is -1.79. The third-order valence-corrected chi connectivity index (χ3v) is 7.43. The Morgan fingerprint density at radius 2 is 1.74 bits per heavy atom. The lowest BCUT2D eigenvalue weighted by atomic mass is 9.67. The van der Waals surface area contributed by atoms with Gasteiger partial charge in [0.15, 0.2) is 0 Å². The van der Waals surface area contributed by atoms with Crippen molar-refractivity contribution in [2.75, 3.05) is 26.2 Å². The van der Waals surface area contributed by atoms with Crippen molar-refractivity contribution in [1.29, 1.82) is 0 Å². The second-order valence-corrected chi connectivity index (χ2v) is 9.66. The van der Waals surface area contributed by atoms with Crippen LogP contribution in [0, 0.1) is 0 Å². The highest BCUT2D eigenvalue weighted by Gasteiger charge is 2.24. The van der Waals surface area contributed by atoms with E-state index in [-0.39, 0.29) is 5.56 Å². The molecule has 5 rings (SSSR count). The predicted molar refractivity (Wildman–Crippen MR) is 129 cm³/mol. The number of nitrogens with zero attached hydrogens (tertiary/aromatic N) is 4. The predicted octanol–water partition coefficient (Wildman–Crippen LogP) is 4.56. The van der Waals surface area contributed by atoms with Crippen LogP contribution in [0.3, 0.4) is 0 Å². The van der Waals surface area contributed by atoms with Gasteiger partial charge in [0, 0.05) is 44.5 Å². The van der Waals surface area contributed by atoms with Crippen LogP contribution in [0.2, 0.25) is 10.8 Å². The molecule has 3 heterocycles. The van der Waals surface area contributed by atoms with Crippen LogP contribution in [0.25, 0.3) is 16.5 Å². The van der Waals surface area contributed by atoms with Crippen molar-refractivity contribution in [3.63, 3.8) is 0 Å². The number of hydrogen-bond donors (Lipinski definition) is 0. The van der Waals surface area contributed by atoms with E-state index in [2.05, 4.69) is 32.9 Å². The molecule has 5 nitrogen and oxygen atoms in total. The van der Waals surface area contributed by atoms with Crippen molar-refractivity contribution in [2.24, 2.45) is 0 Å². The molecule has 163 valence electrons. The summed E-state index contributed by atoms with van der Waals surface area (Å²) in [6.45, 7) is 5.05. The largest absolute Gasteiger partial charge is 0.375 e. The molecule has 0 unspecified atom stereocenters. The Balaban J connectivity index is 1.25. The number of allylic oxidation sites excluding steroid dienone is 1. The molecule has 1 aromatic carbocycles. The molecule has 2 fully saturated rings. The van der Waals surface area contributed by atoms with Gasteiger partial charge in [-0.2, -0.15) is 4.98 Å². The van der Waals surface area contributed by atoms with Crippen LogP contribution < -0.4 is 5.56 Å². The van der Waals surface area contributed by atoms with Gasteiger partial charge in [-0.25, -0.2) is 0 Å². The van der Waals surface area contributed by atoms with Crippen LogP contribution >= 0.6 is 11.6 Å². The highest BCUT2D eigenvalue weighted by atomic mass is 35.5. The molecule has 2 aromatic rings. The maximum Gasteiger partial charge on any atom is 0.282 e. The second-order valence-electron chi connectivity index (χ2n) is 9.26. The molecule has 1 aliphatic carbocycles. The van der Waals surface area contributed by atoms with E-state index in [1.165, 1.54) is 44.9 Å². The van der Waals surface area contributed by atoms with Crippen molar-refractivity contribution < 1.29 is 0 Å². The Morgan fingerprint density at radius 1 is 1.00 bits per heavy atom. The fraction of sp³-hybridized carbons (Fsp3) is 0.583. The number of aryl methyl sites for hydroxylation is 1. The average Bonchev–Trinajstić information content (AvgIpc) is 3.14. The van der Waals surface area contributed by atoms with Gasteiger partial charge in [0.25, 0.3) is 5.56 Å². The number of hydrogen-bond acceptors (Lipinski definition) is 4. The maximum atomic E-state index is 12.6. The molecule has 0 spiro atoms. The Labute approximate surface area is 190 Å². The van der Waals surface area contributed by atoms with E-state index in [0.717, 1.165) is 61.9 Å². The molecule has 1 saturated carbocycles. The smallest absolute Gasteiger partial charge is 0.282 e. The minimum Gasteiger partial charge on any atom is -0.375 e. The fourth-order valence-corrected chi connectivity index (χ4v) is 5.64. The minimum absolute atomic E-state index is 0.224. The van der Waals surface area contributed by atoms with Crippen LogP contribution in [0.1, 0.15) is 57.2 Å². The molecule has 3 aliphatic rings. The Bertz CT molecular complexity index is 1020. The molecule has 0 amide bonds.